The molecule has 0 bridgehead atoms. The van der Waals surface area contributed by atoms with Gasteiger partial charge in [0.15, 0.2) is 5.96 Å². The number of hydrogen-bond acceptors (Lipinski definition) is 2. The van der Waals surface area contributed by atoms with Gasteiger partial charge in [-0.25, -0.2) is 0 Å². The minimum absolute atomic E-state index is 0.514. The van der Waals surface area contributed by atoms with Crippen molar-refractivity contribution >= 4 is 11.6 Å². The summed E-state index contributed by atoms with van der Waals surface area (Å²) in [6.07, 6.45) is 7.46. The third-order valence-electron chi connectivity index (χ3n) is 4.71. The Bertz CT molecular complexity index is 481. The third kappa shape index (κ3) is 6.22. The zero-order chi connectivity index (χ0) is 16.5. The highest BCUT2D eigenvalue weighted by atomic mass is 15.2. The van der Waals surface area contributed by atoms with Crippen LogP contribution in [0.1, 0.15) is 51.5 Å². The number of nitrogens with zero attached hydrogens (tertiary/aromatic N) is 2. The molecule has 23 heavy (non-hydrogen) atoms. The molecule has 1 atom stereocenters. The van der Waals surface area contributed by atoms with Crippen molar-refractivity contribution in [3.8, 4) is 0 Å². The second kappa shape index (κ2) is 9.56. The van der Waals surface area contributed by atoms with Gasteiger partial charge in [0.05, 0.1) is 0 Å². The fourth-order valence-corrected chi connectivity index (χ4v) is 3.13. The van der Waals surface area contributed by atoms with Gasteiger partial charge in [-0.1, -0.05) is 25.5 Å². The maximum absolute atomic E-state index is 5.95. The predicted molar refractivity (Wildman–Crippen MR) is 100 cm³/mol. The molecule has 3 N–H and O–H groups in total. The van der Waals surface area contributed by atoms with E-state index in [2.05, 4.69) is 53.3 Å². The number of likely N-dealkylation sites (tertiary alicyclic amines) is 1. The molecule has 0 amide bonds. The van der Waals surface area contributed by atoms with Crippen LogP contribution in [0.2, 0.25) is 0 Å². The number of aryl methyl sites for hydroxylation is 1. The Labute approximate surface area is 141 Å². The Hall–Kier alpha value is -1.55. The van der Waals surface area contributed by atoms with E-state index in [1.54, 1.807) is 0 Å². The summed E-state index contributed by atoms with van der Waals surface area (Å²) in [4.78, 5) is 7.04. The molecule has 0 spiro atoms. The van der Waals surface area contributed by atoms with Gasteiger partial charge in [-0.15, -0.1) is 0 Å². The summed E-state index contributed by atoms with van der Waals surface area (Å²) in [5.41, 5.74) is 8.29. The number of benzene rings is 1. The van der Waals surface area contributed by atoms with Crippen molar-refractivity contribution in [3.63, 3.8) is 0 Å². The first-order chi connectivity index (χ1) is 11.2. The third-order valence-corrected chi connectivity index (χ3v) is 4.71. The molecule has 0 radical (unpaired) electrons. The summed E-state index contributed by atoms with van der Waals surface area (Å²) in [7, 11) is 0. The van der Waals surface area contributed by atoms with Gasteiger partial charge in [-0.3, -0.25) is 4.99 Å². The van der Waals surface area contributed by atoms with Crippen LogP contribution in [0.4, 0.5) is 5.69 Å². The smallest absolute Gasteiger partial charge is 0.193 e. The average Bonchev–Trinajstić information content (AvgIpc) is 2.57. The predicted octanol–water partition coefficient (Wildman–Crippen LogP) is 3.63. The largest absolute Gasteiger partial charge is 0.370 e. The molecule has 4 heteroatoms. The SMILES string of the molecule is CCc1ccc(NC(N)=NCCCCN2CCCCC2C)cc1. The fourth-order valence-electron chi connectivity index (χ4n) is 3.13. The Morgan fingerprint density at radius 2 is 2.04 bits per heavy atom. The van der Waals surface area contributed by atoms with Crippen LogP contribution in [0.15, 0.2) is 29.3 Å². The topological polar surface area (TPSA) is 53.6 Å². The van der Waals surface area contributed by atoms with Crippen molar-refractivity contribution in [3.05, 3.63) is 29.8 Å². The van der Waals surface area contributed by atoms with Gasteiger partial charge in [0.1, 0.15) is 0 Å². The number of piperidine rings is 1. The highest BCUT2D eigenvalue weighted by Crippen LogP contribution is 2.16. The quantitative estimate of drug-likeness (QED) is 0.459. The zero-order valence-electron chi connectivity index (χ0n) is 14.7. The normalized spacial score (nSPS) is 19.7. The van der Waals surface area contributed by atoms with Crippen LogP contribution >= 0.6 is 0 Å². The molecule has 1 unspecified atom stereocenters. The standard InChI is InChI=1S/C19H32N4/c1-3-17-9-11-18(12-10-17)22-19(20)21-13-5-7-15-23-14-6-4-8-16(23)2/h9-12,16H,3-8,13-15H2,1-2H3,(H3,20,21,22). The molecule has 0 saturated carbocycles. The minimum Gasteiger partial charge on any atom is -0.370 e. The van der Waals surface area contributed by atoms with Gasteiger partial charge in [-0.05, 0) is 69.8 Å². The van der Waals surface area contributed by atoms with Gasteiger partial charge in [0.25, 0.3) is 0 Å². The number of guanidine groups is 1. The molecule has 0 aromatic heterocycles. The lowest BCUT2D eigenvalue weighted by Crippen LogP contribution is -2.38. The van der Waals surface area contributed by atoms with Crippen LogP contribution in [-0.4, -0.2) is 36.5 Å². The summed E-state index contributed by atoms with van der Waals surface area (Å²) in [5.74, 6) is 0.514. The van der Waals surface area contributed by atoms with Crippen molar-refractivity contribution in [1.82, 2.24) is 4.90 Å². The Kier molecular flexibility index (Phi) is 7.40. The Balaban J connectivity index is 1.64. The number of nitrogens with two attached hydrogens (primary N) is 1. The maximum atomic E-state index is 5.95. The highest BCUT2D eigenvalue weighted by Gasteiger charge is 2.16. The van der Waals surface area contributed by atoms with E-state index in [1.807, 2.05) is 0 Å². The number of hydrogen-bond donors (Lipinski definition) is 2. The van der Waals surface area contributed by atoms with E-state index in [-0.39, 0.29) is 0 Å². The van der Waals surface area contributed by atoms with E-state index >= 15 is 0 Å². The van der Waals surface area contributed by atoms with Crippen LogP contribution in [-0.2, 0) is 6.42 Å². The highest BCUT2D eigenvalue weighted by molar-refractivity contribution is 5.92. The van der Waals surface area contributed by atoms with Crippen LogP contribution in [0, 0.1) is 0 Å². The van der Waals surface area contributed by atoms with E-state index in [0.717, 1.165) is 31.1 Å². The minimum atomic E-state index is 0.514. The molecule has 1 fully saturated rings. The fraction of sp³-hybridized carbons (Fsp3) is 0.632. The lowest BCUT2D eigenvalue weighted by atomic mass is 10.0. The molecule has 1 aliphatic heterocycles. The van der Waals surface area contributed by atoms with Gasteiger partial charge in [0, 0.05) is 18.3 Å². The molecule has 1 heterocycles. The van der Waals surface area contributed by atoms with Gasteiger partial charge >= 0.3 is 0 Å². The molecule has 1 saturated heterocycles. The molecular weight excluding hydrogens is 284 g/mol. The summed E-state index contributed by atoms with van der Waals surface area (Å²) >= 11 is 0. The first kappa shape index (κ1) is 17.8. The van der Waals surface area contributed by atoms with Gasteiger partial charge < -0.3 is 16.0 Å². The average molecular weight is 316 g/mol. The van der Waals surface area contributed by atoms with Crippen molar-refractivity contribution in [1.29, 1.82) is 0 Å². The first-order valence-corrected chi connectivity index (χ1v) is 9.09. The van der Waals surface area contributed by atoms with Crippen LogP contribution < -0.4 is 11.1 Å². The second-order valence-corrected chi connectivity index (χ2v) is 6.53. The number of unbranched alkanes of at least 4 members (excludes halogenated alkanes) is 1. The molecule has 128 valence electrons. The Morgan fingerprint density at radius 3 is 2.74 bits per heavy atom. The number of rotatable bonds is 7. The second-order valence-electron chi connectivity index (χ2n) is 6.53. The summed E-state index contributed by atoms with van der Waals surface area (Å²) in [6, 6.07) is 9.10. The van der Waals surface area contributed by atoms with Crippen LogP contribution in [0.3, 0.4) is 0 Å². The van der Waals surface area contributed by atoms with Crippen molar-refractivity contribution in [2.75, 3.05) is 25.0 Å². The van der Waals surface area contributed by atoms with Crippen molar-refractivity contribution < 1.29 is 0 Å². The lowest BCUT2D eigenvalue weighted by molar-refractivity contribution is 0.158. The number of aliphatic imine (C=N–C) groups is 1. The maximum Gasteiger partial charge on any atom is 0.193 e. The van der Waals surface area contributed by atoms with E-state index in [4.69, 9.17) is 5.73 Å². The van der Waals surface area contributed by atoms with Gasteiger partial charge in [0.2, 0.25) is 0 Å². The molecule has 4 nitrogen and oxygen atoms in total. The summed E-state index contributed by atoms with van der Waals surface area (Å²) in [5, 5.41) is 3.16. The summed E-state index contributed by atoms with van der Waals surface area (Å²) in [6.45, 7) is 7.77. The Morgan fingerprint density at radius 1 is 1.26 bits per heavy atom. The van der Waals surface area contributed by atoms with E-state index in [0.29, 0.717) is 5.96 Å². The molecule has 1 aromatic rings. The van der Waals surface area contributed by atoms with E-state index in [9.17, 15) is 0 Å². The van der Waals surface area contributed by atoms with Gasteiger partial charge in [-0.2, -0.15) is 0 Å². The van der Waals surface area contributed by atoms with Crippen molar-refractivity contribution in [2.24, 2.45) is 10.7 Å². The summed E-state index contributed by atoms with van der Waals surface area (Å²) < 4.78 is 0. The monoisotopic (exact) mass is 316 g/mol. The van der Waals surface area contributed by atoms with Crippen LogP contribution in [0.5, 0.6) is 0 Å². The first-order valence-electron chi connectivity index (χ1n) is 9.09. The zero-order valence-corrected chi connectivity index (χ0v) is 14.7. The molecule has 2 rings (SSSR count). The van der Waals surface area contributed by atoms with E-state index < -0.39 is 0 Å². The molecule has 1 aliphatic rings. The van der Waals surface area contributed by atoms with E-state index in [1.165, 1.54) is 44.3 Å². The van der Waals surface area contributed by atoms with Crippen LogP contribution in [0.25, 0.3) is 0 Å². The van der Waals surface area contributed by atoms with Crippen molar-refractivity contribution in [2.45, 2.75) is 58.4 Å². The molecule has 1 aromatic carbocycles. The number of nitrogens with one attached hydrogen (secondary N) is 1. The lowest BCUT2D eigenvalue weighted by Gasteiger charge is -2.33. The number of anilines is 1. The molecular formula is C19H32N4. The molecule has 0 aliphatic carbocycles.